The third kappa shape index (κ3) is 4.09. The van der Waals surface area contributed by atoms with Crippen molar-refractivity contribution in [1.82, 2.24) is 5.32 Å². The predicted octanol–water partition coefficient (Wildman–Crippen LogP) is 3.44. The monoisotopic (exact) mass is 340 g/mol. The summed E-state index contributed by atoms with van der Waals surface area (Å²) in [6.45, 7) is 4.73. The summed E-state index contributed by atoms with van der Waals surface area (Å²) in [5.41, 5.74) is 1.74. The molecule has 1 saturated heterocycles. The first-order valence-corrected chi connectivity index (χ1v) is 8.12. The molecule has 3 rings (SSSR count). The molecular weight excluding hydrogens is 320 g/mol. The Hall–Kier alpha value is -3.02. The Morgan fingerprint density at radius 1 is 1.24 bits per heavy atom. The molecule has 0 spiro atoms. The lowest BCUT2D eigenvalue weighted by molar-refractivity contribution is -0.117. The van der Waals surface area contributed by atoms with Crippen LogP contribution in [0.1, 0.15) is 30.0 Å². The Morgan fingerprint density at radius 2 is 2.00 bits per heavy atom. The van der Waals surface area contributed by atoms with E-state index >= 15 is 0 Å². The predicted molar refractivity (Wildman–Crippen MR) is 94.2 cm³/mol. The standard InChI is InChI=1S/C19H20N2O4/c1-13-3-8-17(25-13)9-10-18(22)20-14(2)15-4-6-16(7-5-15)21-11-12-24-19(21)23/h3-10,14H,11-12H2,1-2H3,(H,20,22)/b10-9+. The van der Waals surface area contributed by atoms with Crippen molar-refractivity contribution in [2.75, 3.05) is 18.1 Å². The molecule has 0 aliphatic carbocycles. The minimum atomic E-state index is -0.326. The number of anilines is 1. The van der Waals surface area contributed by atoms with Crippen LogP contribution >= 0.6 is 0 Å². The number of hydrogen-bond acceptors (Lipinski definition) is 4. The molecule has 0 saturated carbocycles. The van der Waals surface area contributed by atoms with Gasteiger partial charge in [0.2, 0.25) is 5.91 Å². The lowest BCUT2D eigenvalue weighted by Crippen LogP contribution is -2.25. The zero-order valence-corrected chi connectivity index (χ0v) is 14.2. The molecule has 0 bridgehead atoms. The summed E-state index contributed by atoms with van der Waals surface area (Å²) in [7, 11) is 0. The Morgan fingerprint density at radius 3 is 2.60 bits per heavy atom. The van der Waals surface area contributed by atoms with Crippen molar-refractivity contribution in [3.8, 4) is 0 Å². The number of benzene rings is 1. The highest BCUT2D eigenvalue weighted by Crippen LogP contribution is 2.21. The number of nitrogens with zero attached hydrogens (tertiary/aromatic N) is 1. The quantitative estimate of drug-likeness (QED) is 0.847. The zero-order valence-electron chi connectivity index (χ0n) is 14.2. The number of nitrogens with one attached hydrogen (secondary N) is 1. The maximum Gasteiger partial charge on any atom is 0.414 e. The molecule has 6 nitrogen and oxygen atoms in total. The molecule has 1 aliphatic rings. The lowest BCUT2D eigenvalue weighted by Gasteiger charge is -2.16. The number of amides is 2. The third-order valence-electron chi connectivity index (χ3n) is 3.98. The average molecular weight is 340 g/mol. The molecule has 1 aliphatic heterocycles. The number of ether oxygens (including phenoxy) is 1. The largest absolute Gasteiger partial charge is 0.462 e. The first-order valence-electron chi connectivity index (χ1n) is 8.12. The first-order chi connectivity index (χ1) is 12.0. The Bertz CT molecular complexity index is 792. The van der Waals surface area contributed by atoms with Crippen LogP contribution in [0.3, 0.4) is 0 Å². The van der Waals surface area contributed by atoms with Crippen LogP contribution in [0.5, 0.6) is 0 Å². The second kappa shape index (κ2) is 7.25. The van der Waals surface area contributed by atoms with Crippen LogP contribution in [0, 0.1) is 6.92 Å². The summed E-state index contributed by atoms with van der Waals surface area (Å²) >= 11 is 0. The van der Waals surface area contributed by atoms with Crippen LogP contribution in [0.2, 0.25) is 0 Å². The van der Waals surface area contributed by atoms with Gasteiger partial charge in [-0.25, -0.2) is 4.79 Å². The van der Waals surface area contributed by atoms with E-state index in [2.05, 4.69) is 5.32 Å². The molecule has 6 heteroatoms. The second-order valence-corrected chi connectivity index (χ2v) is 5.87. The fourth-order valence-corrected chi connectivity index (χ4v) is 2.62. The van der Waals surface area contributed by atoms with E-state index in [4.69, 9.17) is 9.15 Å². The SMILES string of the molecule is Cc1ccc(/C=C/C(=O)NC(C)c2ccc(N3CCOC3=O)cc2)o1. The van der Waals surface area contributed by atoms with Crippen molar-refractivity contribution in [3.05, 3.63) is 59.6 Å². The maximum absolute atomic E-state index is 12.0. The number of carbonyl (C=O) groups excluding carboxylic acids is 2. The van der Waals surface area contributed by atoms with Crippen molar-refractivity contribution >= 4 is 23.8 Å². The molecule has 1 atom stereocenters. The zero-order chi connectivity index (χ0) is 17.8. The molecule has 1 fully saturated rings. The topological polar surface area (TPSA) is 71.8 Å². The van der Waals surface area contributed by atoms with Crippen molar-refractivity contribution in [1.29, 1.82) is 0 Å². The van der Waals surface area contributed by atoms with Crippen LogP contribution < -0.4 is 10.2 Å². The number of carbonyl (C=O) groups is 2. The van der Waals surface area contributed by atoms with Crippen LogP contribution in [0.15, 0.2) is 46.9 Å². The van der Waals surface area contributed by atoms with E-state index in [1.54, 1.807) is 11.0 Å². The van der Waals surface area contributed by atoms with Gasteiger partial charge in [0.05, 0.1) is 12.6 Å². The van der Waals surface area contributed by atoms with Gasteiger partial charge < -0.3 is 14.5 Å². The number of hydrogen-bond donors (Lipinski definition) is 1. The van der Waals surface area contributed by atoms with Crippen molar-refractivity contribution in [2.24, 2.45) is 0 Å². The minimum Gasteiger partial charge on any atom is -0.462 e. The van der Waals surface area contributed by atoms with E-state index in [1.807, 2.05) is 50.2 Å². The molecule has 1 N–H and O–H groups in total. The van der Waals surface area contributed by atoms with Crippen LogP contribution in [0.25, 0.3) is 6.08 Å². The van der Waals surface area contributed by atoms with E-state index in [1.165, 1.54) is 6.08 Å². The number of rotatable bonds is 5. The van der Waals surface area contributed by atoms with E-state index in [0.29, 0.717) is 18.9 Å². The molecular formula is C19H20N2O4. The Balaban J connectivity index is 1.59. The normalized spacial score (nSPS) is 15.4. The Labute approximate surface area is 146 Å². The van der Waals surface area contributed by atoms with E-state index in [0.717, 1.165) is 17.0 Å². The number of furan rings is 1. The number of cyclic esters (lactones) is 1. The van der Waals surface area contributed by atoms with Crippen LogP contribution in [-0.2, 0) is 9.53 Å². The van der Waals surface area contributed by atoms with Crippen molar-refractivity contribution in [2.45, 2.75) is 19.9 Å². The summed E-state index contributed by atoms with van der Waals surface area (Å²) in [6.07, 6.45) is 2.76. The molecule has 2 amide bonds. The highest BCUT2D eigenvalue weighted by molar-refractivity contribution is 5.91. The molecule has 1 aromatic carbocycles. The first kappa shape index (κ1) is 16.8. The van der Waals surface area contributed by atoms with Crippen molar-refractivity contribution < 1.29 is 18.7 Å². The Kier molecular flexibility index (Phi) is 4.88. The van der Waals surface area contributed by atoms with Crippen LogP contribution in [0.4, 0.5) is 10.5 Å². The fourth-order valence-electron chi connectivity index (χ4n) is 2.62. The summed E-state index contributed by atoms with van der Waals surface area (Å²) in [5.74, 6) is 1.24. The third-order valence-corrected chi connectivity index (χ3v) is 3.98. The second-order valence-electron chi connectivity index (χ2n) is 5.87. The van der Waals surface area contributed by atoms with Gasteiger partial charge in [-0.05, 0) is 49.8 Å². The van der Waals surface area contributed by atoms with Gasteiger partial charge in [0, 0.05) is 11.8 Å². The van der Waals surface area contributed by atoms with Gasteiger partial charge in [-0.2, -0.15) is 0 Å². The summed E-state index contributed by atoms with van der Waals surface area (Å²) < 4.78 is 10.3. The summed E-state index contributed by atoms with van der Waals surface area (Å²) in [4.78, 5) is 25.2. The smallest absolute Gasteiger partial charge is 0.414 e. The molecule has 0 radical (unpaired) electrons. The van der Waals surface area contributed by atoms with E-state index in [-0.39, 0.29) is 18.0 Å². The van der Waals surface area contributed by atoms with Gasteiger partial charge >= 0.3 is 6.09 Å². The fraction of sp³-hybridized carbons (Fsp3) is 0.263. The highest BCUT2D eigenvalue weighted by atomic mass is 16.6. The molecule has 2 heterocycles. The van der Waals surface area contributed by atoms with Crippen molar-refractivity contribution in [3.63, 3.8) is 0 Å². The maximum atomic E-state index is 12.0. The van der Waals surface area contributed by atoms with Gasteiger partial charge in [0.25, 0.3) is 0 Å². The van der Waals surface area contributed by atoms with Gasteiger partial charge in [-0.15, -0.1) is 0 Å². The summed E-state index contributed by atoms with van der Waals surface area (Å²) in [5, 5.41) is 2.90. The average Bonchev–Trinajstić information content (AvgIpc) is 3.21. The molecule has 130 valence electrons. The molecule has 25 heavy (non-hydrogen) atoms. The van der Waals surface area contributed by atoms with Gasteiger partial charge in [-0.1, -0.05) is 12.1 Å². The van der Waals surface area contributed by atoms with Gasteiger partial charge in [-0.3, -0.25) is 9.69 Å². The highest BCUT2D eigenvalue weighted by Gasteiger charge is 2.23. The molecule has 2 aromatic rings. The molecule has 1 aromatic heterocycles. The van der Waals surface area contributed by atoms with Crippen LogP contribution in [-0.4, -0.2) is 25.2 Å². The van der Waals surface area contributed by atoms with Gasteiger partial charge in [0.1, 0.15) is 18.1 Å². The van der Waals surface area contributed by atoms with E-state index < -0.39 is 0 Å². The van der Waals surface area contributed by atoms with E-state index in [9.17, 15) is 9.59 Å². The minimum absolute atomic E-state index is 0.157. The lowest BCUT2D eigenvalue weighted by atomic mass is 10.1. The number of aryl methyl sites for hydroxylation is 1. The molecule has 1 unspecified atom stereocenters. The summed E-state index contributed by atoms with van der Waals surface area (Å²) in [6, 6.07) is 11.0. The van der Waals surface area contributed by atoms with Gasteiger partial charge in [0.15, 0.2) is 0 Å².